The van der Waals surface area contributed by atoms with Crippen LogP contribution in [0.25, 0.3) is 0 Å². The lowest BCUT2D eigenvalue weighted by Gasteiger charge is -2.13. The summed E-state index contributed by atoms with van der Waals surface area (Å²) in [7, 11) is 1.45. The number of benzene rings is 2. The fourth-order valence-electron chi connectivity index (χ4n) is 1.54. The highest BCUT2D eigenvalue weighted by Gasteiger charge is 2.13. The average molecular weight is 270 g/mol. The summed E-state index contributed by atoms with van der Waals surface area (Å²) in [6, 6.07) is 8.55. The smallest absolute Gasteiger partial charge is 0.149 e. The van der Waals surface area contributed by atoms with Gasteiger partial charge >= 0.3 is 0 Å². The minimum Gasteiger partial charge on any atom is -0.495 e. The van der Waals surface area contributed by atoms with Gasteiger partial charge in [0.15, 0.2) is 0 Å². The first kappa shape index (κ1) is 12.6. The SMILES string of the molecule is COc1cccc(Cl)c1Nc1c(F)cccc1F. The van der Waals surface area contributed by atoms with Gasteiger partial charge in [-0.1, -0.05) is 23.7 Å². The number of nitrogens with one attached hydrogen (secondary N) is 1. The summed E-state index contributed by atoms with van der Waals surface area (Å²) in [4.78, 5) is 0. The molecule has 18 heavy (non-hydrogen) atoms. The van der Waals surface area contributed by atoms with Gasteiger partial charge in [0, 0.05) is 0 Å². The molecule has 2 rings (SSSR count). The van der Waals surface area contributed by atoms with Crippen molar-refractivity contribution in [3.63, 3.8) is 0 Å². The van der Waals surface area contributed by atoms with E-state index in [1.54, 1.807) is 18.2 Å². The number of ether oxygens (including phenoxy) is 1. The van der Waals surface area contributed by atoms with Crippen LogP contribution in [0.2, 0.25) is 5.02 Å². The minimum atomic E-state index is -0.697. The molecule has 2 nitrogen and oxygen atoms in total. The molecule has 0 aliphatic carbocycles. The number of halogens is 3. The Hall–Kier alpha value is -1.81. The number of hydrogen-bond acceptors (Lipinski definition) is 2. The largest absolute Gasteiger partial charge is 0.495 e. The van der Waals surface area contributed by atoms with Gasteiger partial charge in [-0.25, -0.2) is 8.78 Å². The van der Waals surface area contributed by atoms with E-state index in [2.05, 4.69) is 5.32 Å². The van der Waals surface area contributed by atoms with Crippen LogP contribution in [0.5, 0.6) is 5.75 Å². The molecule has 0 radical (unpaired) electrons. The molecule has 0 aliphatic rings. The van der Waals surface area contributed by atoms with Crippen molar-refractivity contribution in [1.29, 1.82) is 0 Å². The Balaban J connectivity index is 2.46. The molecule has 5 heteroatoms. The number of para-hydroxylation sites is 2. The monoisotopic (exact) mass is 269 g/mol. The van der Waals surface area contributed by atoms with Crippen LogP contribution < -0.4 is 10.1 Å². The first-order valence-corrected chi connectivity index (χ1v) is 5.55. The maximum atomic E-state index is 13.5. The molecular formula is C13H10ClF2NO. The molecule has 2 aromatic rings. The Morgan fingerprint density at radius 3 is 2.22 bits per heavy atom. The van der Waals surface area contributed by atoms with Gasteiger partial charge in [-0.05, 0) is 24.3 Å². The van der Waals surface area contributed by atoms with Crippen LogP contribution in [0.1, 0.15) is 0 Å². The van der Waals surface area contributed by atoms with Gasteiger partial charge in [-0.15, -0.1) is 0 Å². The predicted octanol–water partition coefficient (Wildman–Crippen LogP) is 4.37. The van der Waals surface area contributed by atoms with Crippen molar-refractivity contribution in [2.24, 2.45) is 0 Å². The summed E-state index contributed by atoms with van der Waals surface area (Å²) >= 11 is 5.98. The van der Waals surface area contributed by atoms with E-state index in [1.165, 1.54) is 13.2 Å². The van der Waals surface area contributed by atoms with Crippen molar-refractivity contribution in [1.82, 2.24) is 0 Å². The van der Waals surface area contributed by atoms with E-state index >= 15 is 0 Å². The first-order valence-electron chi connectivity index (χ1n) is 5.17. The van der Waals surface area contributed by atoms with Crippen molar-refractivity contribution in [2.45, 2.75) is 0 Å². The van der Waals surface area contributed by atoms with Gasteiger partial charge in [-0.3, -0.25) is 0 Å². The molecule has 0 atom stereocenters. The Morgan fingerprint density at radius 2 is 1.61 bits per heavy atom. The zero-order valence-corrected chi connectivity index (χ0v) is 10.3. The molecule has 0 spiro atoms. The zero-order chi connectivity index (χ0) is 13.1. The summed E-state index contributed by atoms with van der Waals surface area (Å²) < 4.78 is 32.1. The summed E-state index contributed by atoms with van der Waals surface area (Å²) in [5.74, 6) is -0.987. The Bertz CT molecular complexity index is 555. The van der Waals surface area contributed by atoms with E-state index in [-0.39, 0.29) is 5.69 Å². The van der Waals surface area contributed by atoms with E-state index in [1.807, 2.05) is 0 Å². The van der Waals surface area contributed by atoms with E-state index < -0.39 is 11.6 Å². The second-order valence-electron chi connectivity index (χ2n) is 3.54. The molecule has 0 fully saturated rings. The summed E-state index contributed by atoms with van der Waals surface area (Å²) in [5, 5.41) is 2.94. The molecule has 0 bridgehead atoms. The predicted molar refractivity (Wildman–Crippen MR) is 67.6 cm³/mol. The maximum absolute atomic E-state index is 13.5. The van der Waals surface area contributed by atoms with Crippen molar-refractivity contribution >= 4 is 23.0 Å². The van der Waals surface area contributed by atoms with E-state index in [9.17, 15) is 8.78 Å². The molecule has 0 saturated carbocycles. The Labute approximate surface area is 108 Å². The Morgan fingerprint density at radius 1 is 1.00 bits per heavy atom. The van der Waals surface area contributed by atoms with Crippen molar-refractivity contribution in [3.05, 3.63) is 53.1 Å². The molecule has 1 N–H and O–H groups in total. The average Bonchev–Trinajstić information content (AvgIpc) is 2.35. The molecule has 0 amide bonds. The van der Waals surface area contributed by atoms with Gasteiger partial charge < -0.3 is 10.1 Å². The lowest BCUT2D eigenvalue weighted by Crippen LogP contribution is -2.00. The summed E-state index contributed by atoms with van der Waals surface area (Å²) in [5.41, 5.74) is 0.0644. The van der Waals surface area contributed by atoms with E-state index in [4.69, 9.17) is 16.3 Å². The van der Waals surface area contributed by atoms with Crippen LogP contribution in [-0.2, 0) is 0 Å². The minimum absolute atomic E-state index is 0.260. The Kier molecular flexibility index (Phi) is 3.67. The van der Waals surface area contributed by atoms with Gasteiger partial charge in [0.05, 0.1) is 12.1 Å². The number of methoxy groups -OCH3 is 1. The van der Waals surface area contributed by atoms with E-state index in [0.29, 0.717) is 16.5 Å². The van der Waals surface area contributed by atoms with Crippen LogP contribution in [0.15, 0.2) is 36.4 Å². The van der Waals surface area contributed by atoms with Crippen molar-refractivity contribution < 1.29 is 13.5 Å². The van der Waals surface area contributed by atoms with Gasteiger partial charge in [0.1, 0.15) is 28.8 Å². The zero-order valence-electron chi connectivity index (χ0n) is 9.51. The topological polar surface area (TPSA) is 21.3 Å². The highest BCUT2D eigenvalue weighted by Crippen LogP contribution is 2.35. The summed E-state index contributed by atoms with van der Waals surface area (Å²) in [6.07, 6.45) is 0. The standard InChI is InChI=1S/C13H10ClF2NO/c1-18-11-7-2-4-8(14)12(11)17-13-9(15)5-3-6-10(13)16/h2-7,17H,1H3. The van der Waals surface area contributed by atoms with Crippen molar-refractivity contribution in [3.8, 4) is 5.75 Å². The summed E-state index contributed by atoms with van der Waals surface area (Å²) in [6.45, 7) is 0. The van der Waals surface area contributed by atoms with Crippen molar-refractivity contribution in [2.75, 3.05) is 12.4 Å². The van der Waals surface area contributed by atoms with Gasteiger partial charge in [-0.2, -0.15) is 0 Å². The third-order valence-corrected chi connectivity index (χ3v) is 2.72. The molecule has 94 valence electrons. The maximum Gasteiger partial charge on any atom is 0.149 e. The van der Waals surface area contributed by atoms with Crippen LogP contribution in [-0.4, -0.2) is 7.11 Å². The molecular weight excluding hydrogens is 260 g/mol. The highest BCUT2D eigenvalue weighted by molar-refractivity contribution is 6.33. The lowest BCUT2D eigenvalue weighted by molar-refractivity contribution is 0.417. The molecule has 0 aliphatic heterocycles. The number of anilines is 2. The fraction of sp³-hybridized carbons (Fsp3) is 0.0769. The molecule has 0 unspecified atom stereocenters. The quantitative estimate of drug-likeness (QED) is 0.893. The number of hydrogen-bond donors (Lipinski definition) is 1. The lowest BCUT2D eigenvalue weighted by atomic mass is 10.2. The molecule has 0 heterocycles. The third kappa shape index (κ3) is 2.38. The van der Waals surface area contributed by atoms with Gasteiger partial charge in [0.25, 0.3) is 0 Å². The van der Waals surface area contributed by atoms with Crippen LogP contribution in [0.4, 0.5) is 20.2 Å². The normalized spacial score (nSPS) is 10.2. The van der Waals surface area contributed by atoms with Crippen LogP contribution in [0.3, 0.4) is 0 Å². The third-order valence-electron chi connectivity index (χ3n) is 2.41. The highest BCUT2D eigenvalue weighted by atomic mass is 35.5. The second kappa shape index (κ2) is 5.23. The first-order chi connectivity index (χ1) is 8.63. The molecule has 0 aromatic heterocycles. The molecule has 2 aromatic carbocycles. The van der Waals surface area contributed by atoms with Gasteiger partial charge in [0.2, 0.25) is 0 Å². The number of rotatable bonds is 3. The van der Waals surface area contributed by atoms with E-state index in [0.717, 1.165) is 12.1 Å². The second-order valence-corrected chi connectivity index (χ2v) is 3.95. The van der Waals surface area contributed by atoms with Crippen LogP contribution >= 0.6 is 11.6 Å². The fourth-order valence-corrected chi connectivity index (χ4v) is 1.75. The molecule has 0 saturated heterocycles. The van der Waals surface area contributed by atoms with Crippen LogP contribution in [0, 0.1) is 11.6 Å².